The summed E-state index contributed by atoms with van der Waals surface area (Å²) in [6, 6.07) is 9.55. The zero-order valence-electron chi connectivity index (χ0n) is 13.3. The minimum atomic E-state index is -0.190. The number of amides is 1. The molecule has 2 heterocycles. The van der Waals surface area contributed by atoms with Gasteiger partial charge in [0.15, 0.2) is 0 Å². The molecule has 0 unspecified atom stereocenters. The molecule has 1 fully saturated rings. The molecule has 2 atom stereocenters. The number of aryl methyl sites for hydroxylation is 1. The molecule has 1 amide bonds. The number of morpholine rings is 1. The van der Waals surface area contributed by atoms with Gasteiger partial charge in [0, 0.05) is 16.3 Å². The van der Waals surface area contributed by atoms with E-state index in [-0.39, 0.29) is 18.1 Å². The molecule has 1 aromatic carbocycles. The van der Waals surface area contributed by atoms with Crippen LogP contribution in [0.15, 0.2) is 30.3 Å². The summed E-state index contributed by atoms with van der Waals surface area (Å²) in [5, 5.41) is 7.68. The van der Waals surface area contributed by atoms with Gasteiger partial charge in [0.2, 0.25) is 5.91 Å². The number of nitrogens with zero attached hydrogens (tertiary/aromatic N) is 2. The summed E-state index contributed by atoms with van der Waals surface area (Å²) >= 11 is 6.26. The maximum atomic E-state index is 12.6. The van der Waals surface area contributed by atoms with Crippen molar-refractivity contribution in [3.05, 3.63) is 52.3 Å². The first kappa shape index (κ1) is 16.0. The first-order valence-electron chi connectivity index (χ1n) is 7.71. The topological polar surface area (TPSA) is 58.2 Å². The van der Waals surface area contributed by atoms with Gasteiger partial charge in [0.05, 0.1) is 31.3 Å². The third-order valence-electron chi connectivity index (χ3n) is 4.10. The Morgan fingerprint density at radius 3 is 2.96 bits per heavy atom. The van der Waals surface area contributed by atoms with Crippen molar-refractivity contribution >= 4 is 17.5 Å². The van der Waals surface area contributed by atoms with Gasteiger partial charge in [0.25, 0.3) is 0 Å². The van der Waals surface area contributed by atoms with Crippen molar-refractivity contribution in [1.82, 2.24) is 15.1 Å². The number of benzene rings is 1. The number of H-pyrrole nitrogens is 1. The molecular formula is C17H20ClN3O2. The second kappa shape index (κ2) is 6.72. The van der Waals surface area contributed by atoms with Gasteiger partial charge in [-0.05, 0) is 26.0 Å². The molecule has 1 aliphatic rings. The van der Waals surface area contributed by atoms with Crippen molar-refractivity contribution in [3.63, 3.8) is 0 Å². The molecule has 0 bridgehead atoms. The average molecular weight is 334 g/mol. The van der Waals surface area contributed by atoms with Crippen molar-refractivity contribution in [1.29, 1.82) is 0 Å². The molecule has 6 heteroatoms. The minimum absolute atomic E-state index is 0.0428. The number of aromatic amines is 1. The summed E-state index contributed by atoms with van der Waals surface area (Å²) in [5.74, 6) is 0.0596. The van der Waals surface area contributed by atoms with Crippen LogP contribution in [0.5, 0.6) is 0 Å². The zero-order chi connectivity index (χ0) is 16.4. The monoisotopic (exact) mass is 333 g/mol. The van der Waals surface area contributed by atoms with E-state index in [9.17, 15) is 4.79 Å². The fraction of sp³-hybridized carbons (Fsp3) is 0.412. The standard InChI is InChI=1S/C17H20ClN3O2/c1-11-7-13(20-19-11)8-17(22)21-9-16(23-10-12(21)2)14-5-3-4-6-15(14)18/h3-7,12,16H,8-10H2,1-2H3,(H,19,20)/t12-,16-/m1/s1. The SMILES string of the molecule is Cc1cc(CC(=O)N2C[C@H](c3ccccc3Cl)OC[C@H]2C)n[nH]1. The van der Waals surface area contributed by atoms with Gasteiger partial charge in [-0.1, -0.05) is 29.8 Å². The lowest BCUT2D eigenvalue weighted by Crippen LogP contribution is -2.48. The van der Waals surface area contributed by atoms with E-state index < -0.39 is 0 Å². The zero-order valence-corrected chi connectivity index (χ0v) is 14.0. The van der Waals surface area contributed by atoms with Gasteiger partial charge >= 0.3 is 0 Å². The Morgan fingerprint density at radius 2 is 2.26 bits per heavy atom. The lowest BCUT2D eigenvalue weighted by Gasteiger charge is -2.38. The van der Waals surface area contributed by atoms with Crippen molar-refractivity contribution in [2.75, 3.05) is 13.2 Å². The van der Waals surface area contributed by atoms with E-state index in [4.69, 9.17) is 16.3 Å². The van der Waals surface area contributed by atoms with Gasteiger partial charge in [-0.25, -0.2) is 0 Å². The lowest BCUT2D eigenvalue weighted by atomic mass is 10.1. The van der Waals surface area contributed by atoms with E-state index in [1.165, 1.54) is 0 Å². The van der Waals surface area contributed by atoms with E-state index in [0.29, 0.717) is 24.6 Å². The van der Waals surface area contributed by atoms with Crippen molar-refractivity contribution in [2.24, 2.45) is 0 Å². The number of nitrogens with one attached hydrogen (secondary N) is 1. The summed E-state index contributed by atoms with van der Waals surface area (Å²) in [5.41, 5.74) is 2.65. The van der Waals surface area contributed by atoms with Crippen LogP contribution in [0, 0.1) is 6.92 Å². The molecule has 3 rings (SSSR count). The van der Waals surface area contributed by atoms with Crippen LogP contribution in [0.4, 0.5) is 0 Å². The molecule has 122 valence electrons. The number of carbonyl (C=O) groups excluding carboxylic acids is 1. The molecule has 5 nitrogen and oxygen atoms in total. The highest BCUT2D eigenvalue weighted by Crippen LogP contribution is 2.30. The first-order valence-corrected chi connectivity index (χ1v) is 8.09. The highest BCUT2D eigenvalue weighted by Gasteiger charge is 2.31. The number of aromatic nitrogens is 2. The maximum Gasteiger partial charge on any atom is 0.229 e. The van der Waals surface area contributed by atoms with E-state index >= 15 is 0 Å². The fourth-order valence-corrected chi connectivity index (χ4v) is 3.11. The molecule has 23 heavy (non-hydrogen) atoms. The van der Waals surface area contributed by atoms with Crippen molar-refractivity contribution in [3.8, 4) is 0 Å². The van der Waals surface area contributed by atoms with E-state index in [2.05, 4.69) is 10.2 Å². The molecule has 0 radical (unpaired) electrons. The third kappa shape index (κ3) is 3.57. The Bertz CT molecular complexity index is 701. The summed E-state index contributed by atoms with van der Waals surface area (Å²) in [6.45, 7) is 4.93. The van der Waals surface area contributed by atoms with E-state index in [1.54, 1.807) is 0 Å². The number of ether oxygens (including phenoxy) is 1. The van der Waals surface area contributed by atoms with Gasteiger partial charge in [-0.2, -0.15) is 5.10 Å². The molecular weight excluding hydrogens is 314 g/mol. The summed E-state index contributed by atoms with van der Waals surface area (Å²) in [6.07, 6.45) is 0.106. The van der Waals surface area contributed by atoms with Gasteiger partial charge < -0.3 is 9.64 Å². The third-order valence-corrected chi connectivity index (χ3v) is 4.44. The van der Waals surface area contributed by atoms with Gasteiger partial charge in [-0.15, -0.1) is 0 Å². The summed E-state index contributed by atoms with van der Waals surface area (Å²) < 4.78 is 5.89. The Hall–Kier alpha value is -1.85. The Balaban J connectivity index is 1.73. The minimum Gasteiger partial charge on any atom is -0.369 e. The highest BCUT2D eigenvalue weighted by molar-refractivity contribution is 6.31. The quantitative estimate of drug-likeness (QED) is 0.939. The lowest BCUT2D eigenvalue weighted by molar-refractivity contribution is -0.143. The first-order chi connectivity index (χ1) is 11.0. The molecule has 0 spiro atoms. The maximum absolute atomic E-state index is 12.6. The predicted molar refractivity (Wildman–Crippen MR) is 88.3 cm³/mol. The molecule has 0 saturated carbocycles. The van der Waals surface area contributed by atoms with Crippen LogP contribution < -0.4 is 0 Å². The molecule has 2 aromatic rings. The van der Waals surface area contributed by atoms with Crippen LogP contribution in [0.2, 0.25) is 5.02 Å². The van der Waals surface area contributed by atoms with E-state index in [1.807, 2.05) is 49.1 Å². The second-order valence-electron chi connectivity index (χ2n) is 5.96. The number of rotatable bonds is 3. The van der Waals surface area contributed by atoms with Gasteiger partial charge in [0.1, 0.15) is 6.10 Å². The van der Waals surface area contributed by atoms with Crippen molar-refractivity contribution in [2.45, 2.75) is 32.4 Å². The van der Waals surface area contributed by atoms with Crippen LogP contribution in [-0.2, 0) is 16.0 Å². The van der Waals surface area contributed by atoms with Crippen LogP contribution in [-0.4, -0.2) is 40.2 Å². The normalized spacial score (nSPS) is 21.4. The Morgan fingerprint density at radius 1 is 1.48 bits per heavy atom. The fourth-order valence-electron chi connectivity index (χ4n) is 2.85. The molecule has 0 aliphatic carbocycles. The number of halogens is 1. The second-order valence-corrected chi connectivity index (χ2v) is 6.36. The van der Waals surface area contributed by atoms with E-state index in [0.717, 1.165) is 17.0 Å². The molecule has 1 aromatic heterocycles. The van der Waals surface area contributed by atoms with Gasteiger partial charge in [-0.3, -0.25) is 9.89 Å². The summed E-state index contributed by atoms with van der Waals surface area (Å²) in [7, 11) is 0. The van der Waals surface area contributed by atoms with Crippen molar-refractivity contribution < 1.29 is 9.53 Å². The van der Waals surface area contributed by atoms with Crippen LogP contribution in [0.3, 0.4) is 0 Å². The highest BCUT2D eigenvalue weighted by atomic mass is 35.5. The largest absolute Gasteiger partial charge is 0.369 e. The molecule has 1 aliphatic heterocycles. The Kier molecular flexibility index (Phi) is 4.68. The number of hydrogen-bond acceptors (Lipinski definition) is 3. The predicted octanol–water partition coefficient (Wildman–Crippen LogP) is 2.90. The molecule has 1 N–H and O–H groups in total. The van der Waals surface area contributed by atoms with Crippen LogP contribution in [0.1, 0.15) is 30.0 Å². The Labute approximate surface area is 140 Å². The van der Waals surface area contributed by atoms with Crippen LogP contribution >= 0.6 is 11.6 Å². The van der Waals surface area contributed by atoms with Crippen LogP contribution in [0.25, 0.3) is 0 Å². The smallest absolute Gasteiger partial charge is 0.229 e. The average Bonchev–Trinajstić information content (AvgIpc) is 2.93. The molecule has 1 saturated heterocycles. The number of hydrogen-bond donors (Lipinski definition) is 1. The number of carbonyl (C=O) groups is 1. The summed E-state index contributed by atoms with van der Waals surface area (Å²) in [4.78, 5) is 14.5.